The number of halogens is 3. The van der Waals surface area contributed by atoms with Gasteiger partial charge >= 0.3 is 12.1 Å². The lowest BCUT2D eigenvalue weighted by atomic mass is 9.78. The van der Waals surface area contributed by atoms with Crippen LogP contribution < -0.4 is 0 Å². The number of aliphatic carboxylic acids is 1. The number of aromatic nitrogens is 1. The van der Waals surface area contributed by atoms with Gasteiger partial charge in [0.1, 0.15) is 0 Å². The Balaban J connectivity index is 1.90. The molecule has 118 valence electrons. The Morgan fingerprint density at radius 2 is 1.86 bits per heavy atom. The zero-order chi connectivity index (χ0) is 15.9. The zero-order valence-corrected chi connectivity index (χ0v) is 11.8. The summed E-state index contributed by atoms with van der Waals surface area (Å²) in [6.45, 7) is 0. The Hall–Kier alpha value is -1.98. The van der Waals surface area contributed by atoms with Gasteiger partial charge in [0.2, 0.25) is 0 Å². The maximum Gasteiger partial charge on any atom is 0.416 e. The fourth-order valence-corrected chi connectivity index (χ4v) is 3.31. The van der Waals surface area contributed by atoms with Gasteiger partial charge in [-0.3, -0.25) is 4.79 Å². The lowest BCUT2D eigenvalue weighted by molar-refractivity contribution is -0.143. The largest absolute Gasteiger partial charge is 0.481 e. The van der Waals surface area contributed by atoms with E-state index in [1.54, 1.807) is 6.20 Å². The summed E-state index contributed by atoms with van der Waals surface area (Å²) in [6, 6.07) is 3.71. The summed E-state index contributed by atoms with van der Waals surface area (Å²) >= 11 is 0. The van der Waals surface area contributed by atoms with Gasteiger partial charge in [-0.05, 0) is 55.4 Å². The number of carbonyl (C=O) groups is 1. The highest BCUT2D eigenvalue weighted by atomic mass is 19.4. The molecule has 0 atom stereocenters. The van der Waals surface area contributed by atoms with Gasteiger partial charge in [0, 0.05) is 17.1 Å². The molecule has 22 heavy (non-hydrogen) atoms. The maximum absolute atomic E-state index is 12.9. The van der Waals surface area contributed by atoms with Crippen LogP contribution in [-0.4, -0.2) is 16.1 Å². The number of hydrogen-bond acceptors (Lipinski definition) is 1. The number of benzene rings is 1. The Bertz CT molecular complexity index is 697. The second kappa shape index (κ2) is 5.34. The normalized spacial score (nSPS) is 22.9. The highest BCUT2D eigenvalue weighted by Crippen LogP contribution is 2.40. The first kappa shape index (κ1) is 14.9. The molecule has 1 heterocycles. The number of H-pyrrole nitrogens is 1. The van der Waals surface area contributed by atoms with E-state index >= 15 is 0 Å². The summed E-state index contributed by atoms with van der Waals surface area (Å²) in [5, 5.41) is 9.61. The van der Waals surface area contributed by atoms with E-state index in [2.05, 4.69) is 4.98 Å². The number of nitrogens with one attached hydrogen (secondary N) is 1. The number of hydrogen-bond donors (Lipinski definition) is 2. The van der Waals surface area contributed by atoms with Gasteiger partial charge in [-0.15, -0.1) is 0 Å². The quantitative estimate of drug-likeness (QED) is 0.855. The molecular weight excluding hydrogens is 295 g/mol. The molecule has 2 aromatic rings. The molecule has 0 aliphatic heterocycles. The van der Waals surface area contributed by atoms with E-state index in [9.17, 15) is 18.0 Å². The number of rotatable bonds is 2. The molecule has 6 heteroatoms. The average molecular weight is 311 g/mol. The lowest BCUT2D eigenvalue weighted by Crippen LogP contribution is -2.20. The molecule has 1 aliphatic carbocycles. The van der Waals surface area contributed by atoms with E-state index in [0.717, 1.165) is 11.6 Å². The minimum atomic E-state index is -4.36. The fraction of sp³-hybridized carbons (Fsp3) is 0.438. The number of carboxylic acids is 1. The van der Waals surface area contributed by atoms with Crippen LogP contribution in [0.1, 0.15) is 42.7 Å². The maximum atomic E-state index is 12.9. The fourth-order valence-electron chi connectivity index (χ4n) is 3.31. The van der Waals surface area contributed by atoms with Crippen molar-refractivity contribution in [3.05, 3.63) is 35.5 Å². The van der Waals surface area contributed by atoms with Gasteiger partial charge in [-0.2, -0.15) is 13.2 Å². The molecule has 0 saturated heterocycles. The molecule has 0 bridgehead atoms. The Labute approximate surface area is 125 Å². The molecule has 1 aliphatic rings. The highest BCUT2D eigenvalue weighted by molar-refractivity contribution is 5.84. The molecule has 1 fully saturated rings. The van der Waals surface area contributed by atoms with Gasteiger partial charge in [0.25, 0.3) is 0 Å². The van der Waals surface area contributed by atoms with Crippen LogP contribution in [0.4, 0.5) is 13.2 Å². The summed E-state index contributed by atoms with van der Waals surface area (Å²) in [5.41, 5.74) is 0.897. The van der Waals surface area contributed by atoms with Gasteiger partial charge < -0.3 is 10.1 Å². The summed E-state index contributed by atoms with van der Waals surface area (Å²) in [5.74, 6) is -0.989. The third-order valence-corrected chi connectivity index (χ3v) is 4.56. The van der Waals surface area contributed by atoms with E-state index in [1.165, 1.54) is 12.1 Å². The van der Waals surface area contributed by atoms with Crippen molar-refractivity contribution in [1.82, 2.24) is 4.98 Å². The molecule has 0 radical (unpaired) electrons. The van der Waals surface area contributed by atoms with Crippen LogP contribution in [0.3, 0.4) is 0 Å². The smallest absolute Gasteiger partial charge is 0.416 e. The van der Waals surface area contributed by atoms with Crippen molar-refractivity contribution >= 4 is 16.9 Å². The summed E-state index contributed by atoms with van der Waals surface area (Å²) in [7, 11) is 0. The second-order valence-electron chi connectivity index (χ2n) is 5.89. The Morgan fingerprint density at radius 1 is 1.18 bits per heavy atom. The molecule has 2 N–H and O–H groups in total. The van der Waals surface area contributed by atoms with Crippen molar-refractivity contribution in [2.75, 3.05) is 0 Å². The predicted molar refractivity (Wildman–Crippen MR) is 75.6 cm³/mol. The van der Waals surface area contributed by atoms with Crippen LogP contribution in [0.5, 0.6) is 0 Å². The number of aromatic amines is 1. The molecular formula is C16H16F3NO2. The van der Waals surface area contributed by atoms with Crippen LogP contribution in [0.15, 0.2) is 24.4 Å². The first-order chi connectivity index (χ1) is 10.4. The Morgan fingerprint density at radius 3 is 2.45 bits per heavy atom. The van der Waals surface area contributed by atoms with E-state index < -0.39 is 17.7 Å². The molecule has 3 nitrogen and oxygen atoms in total. The second-order valence-corrected chi connectivity index (χ2v) is 5.89. The third kappa shape index (κ3) is 2.69. The van der Waals surface area contributed by atoms with Crippen LogP contribution in [0, 0.1) is 5.92 Å². The minimum absolute atomic E-state index is 0.118. The molecule has 3 rings (SSSR count). The molecule has 0 amide bonds. The minimum Gasteiger partial charge on any atom is -0.481 e. The number of carboxylic acid groups (broad SMARTS) is 1. The van der Waals surface area contributed by atoms with Gasteiger partial charge in [-0.1, -0.05) is 0 Å². The Kier molecular flexibility index (Phi) is 3.62. The monoisotopic (exact) mass is 311 g/mol. The standard InChI is InChI=1S/C16H16F3NO2/c17-16(18,19)11-5-6-14-12(7-11)13(8-20-14)9-1-3-10(4-2-9)15(21)22/h5-10,20H,1-4H2,(H,21,22). The summed E-state index contributed by atoms with van der Waals surface area (Å²) in [6.07, 6.45) is -0.0577. The summed E-state index contributed by atoms with van der Waals surface area (Å²) in [4.78, 5) is 14.0. The van der Waals surface area contributed by atoms with E-state index in [1.807, 2.05) is 0 Å². The van der Waals surface area contributed by atoms with Crippen molar-refractivity contribution in [3.8, 4) is 0 Å². The molecule has 1 aromatic carbocycles. The first-order valence-corrected chi connectivity index (χ1v) is 7.27. The molecule has 1 aromatic heterocycles. The van der Waals surface area contributed by atoms with E-state index in [-0.39, 0.29) is 11.8 Å². The van der Waals surface area contributed by atoms with Crippen molar-refractivity contribution in [3.63, 3.8) is 0 Å². The third-order valence-electron chi connectivity index (χ3n) is 4.56. The lowest BCUT2D eigenvalue weighted by Gasteiger charge is -2.26. The van der Waals surface area contributed by atoms with E-state index in [0.29, 0.717) is 36.6 Å². The topological polar surface area (TPSA) is 53.1 Å². The van der Waals surface area contributed by atoms with Gasteiger partial charge in [-0.25, -0.2) is 0 Å². The van der Waals surface area contributed by atoms with E-state index in [4.69, 9.17) is 5.11 Å². The van der Waals surface area contributed by atoms with Crippen LogP contribution >= 0.6 is 0 Å². The molecule has 0 unspecified atom stereocenters. The predicted octanol–water partition coefficient (Wildman–Crippen LogP) is 4.55. The van der Waals surface area contributed by atoms with Crippen LogP contribution in [-0.2, 0) is 11.0 Å². The van der Waals surface area contributed by atoms with Crippen molar-refractivity contribution in [2.45, 2.75) is 37.8 Å². The van der Waals surface area contributed by atoms with Crippen molar-refractivity contribution in [1.29, 1.82) is 0 Å². The number of alkyl halides is 3. The highest BCUT2D eigenvalue weighted by Gasteiger charge is 2.32. The van der Waals surface area contributed by atoms with Gasteiger partial charge in [0.15, 0.2) is 0 Å². The summed E-state index contributed by atoms with van der Waals surface area (Å²) < 4.78 is 38.6. The van der Waals surface area contributed by atoms with Crippen LogP contribution in [0.2, 0.25) is 0 Å². The van der Waals surface area contributed by atoms with Crippen LogP contribution in [0.25, 0.3) is 10.9 Å². The zero-order valence-electron chi connectivity index (χ0n) is 11.8. The molecule has 0 spiro atoms. The van der Waals surface area contributed by atoms with Gasteiger partial charge in [0.05, 0.1) is 11.5 Å². The number of fused-ring (bicyclic) bond motifs is 1. The van der Waals surface area contributed by atoms with Crippen molar-refractivity contribution in [2.24, 2.45) is 5.92 Å². The first-order valence-electron chi connectivity index (χ1n) is 7.27. The van der Waals surface area contributed by atoms with Crippen molar-refractivity contribution < 1.29 is 23.1 Å². The molecule has 1 saturated carbocycles. The average Bonchev–Trinajstić information content (AvgIpc) is 2.89. The SMILES string of the molecule is O=C(O)C1CCC(c2c[nH]c3ccc(C(F)(F)F)cc23)CC1.